The first-order chi connectivity index (χ1) is 5.40. The molecule has 0 radical (unpaired) electrons. The van der Waals surface area contributed by atoms with Crippen LogP contribution >= 0.6 is 0 Å². The van der Waals surface area contributed by atoms with E-state index in [9.17, 15) is 0 Å². The summed E-state index contributed by atoms with van der Waals surface area (Å²) in [6.45, 7) is 0. The number of fused-ring (bicyclic) bond motifs is 2. The quantitative estimate of drug-likeness (QED) is 0.551. The number of hydrogen-bond acceptors (Lipinski definition) is 1. The molecule has 1 nitrogen and oxygen atoms in total. The highest BCUT2D eigenvalue weighted by molar-refractivity contribution is 5.26. The highest BCUT2D eigenvalue weighted by Gasteiger charge is 2.29. The Bertz CT molecular complexity index is 232. The topological polar surface area (TPSA) is 23.8 Å². The second kappa shape index (κ2) is 2.70. The van der Waals surface area contributed by atoms with Crippen LogP contribution in [-0.4, -0.2) is 0 Å². The van der Waals surface area contributed by atoms with Crippen LogP contribution in [0, 0.1) is 17.2 Å². The zero-order valence-electron chi connectivity index (χ0n) is 6.77. The first-order valence-corrected chi connectivity index (χ1v) is 4.47. The number of nitrogens with zero attached hydrogens (tertiary/aromatic N) is 1. The standard InChI is InChI=1S/C10H13N/c11-5-1-2-9-6-8-3-4-10(9)7-8/h8H,1-4,6-7H2. The molecule has 11 heavy (non-hydrogen) atoms. The van der Waals surface area contributed by atoms with E-state index in [0.717, 1.165) is 18.8 Å². The Kier molecular flexibility index (Phi) is 1.69. The lowest BCUT2D eigenvalue weighted by Gasteiger charge is -2.09. The summed E-state index contributed by atoms with van der Waals surface area (Å²) in [5, 5.41) is 8.42. The molecule has 0 aliphatic heterocycles. The maximum absolute atomic E-state index is 8.42. The normalized spacial score (nSPS) is 27.7. The van der Waals surface area contributed by atoms with Crippen molar-refractivity contribution >= 4 is 0 Å². The van der Waals surface area contributed by atoms with E-state index in [4.69, 9.17) is 5.26 Å². The molecule has 2 aliphatic carbocycles. The second-order valence-electron chi connectivity index (χ2n) is 3.68. The summed E-state index contributed by atoms with van der Waals surface area (Å²) in [5.74, 6) is 0.971. The summed E-state index contributed by atoms with van der Waals surface area (Å²) in [6, 6.07) is 2.22. The molecule has 0 saturated heterocycles. The van der Waals surface area contributed by atoms with Gasteiger partial charge in [-0.3, -0.25) is 0 Å². The summed E-state index contributed by atoms with van der Waals surface area (Å²) < 4.78 is 0. The van der Waals surface area contributed by atoms with Gasteiger partial charge in [0, 0.05) is 6.42 Å². The van der Waals surface area contributed by atoms with Gasteiger partial charge in [0.25, 0.3) is 0 Å². The molecule has 2 rings (SSSR count). The van der Waals surface area contributed by atoms with Gasteiger partial charge in [-0.1, -0.05) is 11.1 Å². The van der Waals surface area contributed by atoms with Gasteiger partial charge in [-0.05, 0) is 38.0 Å². The molecule has 0 spiro atoms. The molecule has 58 valence electrons. The Balaban J connectivity index is 2.00. The molecule has 1 unspecified atom stereocenters. The van der Waals surface area contributed by atoms with Crippen molar-refractivity contribution in [2.45, 2.75) is 38.5 Å². The van der Waals surface area contributed by atoms with Gasteiger partial charge in [0.2, 0.25) is 0 Å². The van der Waals surface area contributed by atoms with Crippen molar-refractivity contribution < 1.29 is 0 Å². The van der Waals surface area contributed by atoms with Crippen LogP contribution in [0.4, 0.5) is 0 Å². The van der Waals surface area contributed by atoms with E-state index in [1.54, 1.807) is 11.1 Å². The molecule has 0 aromatic rings. The molecule has 0 N–H and O–H groups in total. The third-order valence-electron chi connectivity index (χ3n) is 2.96. The van der Waals surface area contributed by atoms with Gasteiger partial charge in [-0.25, -0.2) is 0 Å². The molecular weight excluding hydrogens is 134 g/mol. The molecule has 0 aromatic carbocycles. The predicted octanol–water partition coefficient (Wildman–Crippen LogP) is 2.79. The van der Waals surface area contributed by atoms with E-state index in [1.165, 1.54) is 25.7 Å². The minimum absolute atomic E-state index is 0.728. The smallest absolute Gasteiger partial charge is 0.0625 e. The third kappa shape index (κ3) is 1.18. The van der Waals surface area contributed by atoms with Gasteiger partial charge in [0.1, 0.15) is 0 Å². The molecule has 1 atom stereocenters. The fourth-order valence-electron chi connectivity index (χ4n) is 2.40. The lowest BCUT2D eigenvalue weighted by atomic mass is 9.96. The lowest BCUT2D eigenvalue weighted by Crippen LogP contribution is -1.93. The third-order valence-corrected chi connectivity index (χ3v) is 2.96. The summed E-state index contributed by atoms with van der Waals surface area (Å²) in [6.07, 6.45) is 7.22. The van der Waals surface area contributed by atoms with Crippen molar-refractivity contribution in [1.29, 1.82) is 5.26 Å². The van der Waals surface area contributed by atoms with Crippen molar-refractivity contribution in [2.24, 2.45) is 5.92 Å². The minimum atomic E-state index is 0.728. The molecule has 2 aliphatic rings. The maximum atomic E-state index is 8.42. The van der Waals surface area contributed by atoms with E-state index in [-0.39, 0.29) is 0 Å². The Morgan fingerprint density at radius 1 is 1.45 bits per heavy atom. The van der Waals surface area contributed by atoms with Crippen molar-refractivity contribution in [2.75, 3.05) is 0 Å². The van der Waals surface area contributed by atoms with Crippen LogP contribution < -0.4 is 0 Å². The van der Waals surface area contributed by atoms with Gasteiger partial charge in [-0.2, -0.15) is 5.26 Å². The SMILES string of the molecule is N#CCCC1=C2CCC(C1)C2. The van der Waals surface area contributed by atoms with Crippen LogP contribution in [0.3, 0.4) is 0 Å². The molecule has 0 aromatic heterocycles. The summed E-state index contributed by atoms with van der Waals surface area (Å²) in [7, 11) is 0. The predicted molar refractivity (Wildman–Crippen MR) is 43.8 cm³/mol. The Morgan fingerprint density at radius 2 is 2.36 bits per heavy atom. The monoisotopic (exact) mass is 147 g/mol. The van der Waals surface area contributed by atoms with Crippen molar-refractivity contribution in [3.8, 4) is 6.07 Å². The van der Waals surface area contributed by atoms with Crippen LogP contribution in [0.25, 0.3) is 0 Å². The van der Waals surface area contributed by atoms with Gasteiger partial charge in [0.05, 0.1) is 6.07 Å². The Labute approximate surface area is 67.7 Å². The van der Waals surface area contributed by atoms with E-state index in [0.29, 0.717) is 0 Å². The van der Waals surface area contributed by atoms with E-state index in [2.05, 4.69) is 6.07 Å². The molecule has 1 fully saturated rings. The van der Waals surface area contributed by atoms with Gasteiger partial charge < -0.3 is 0 Å². The number of allylic oxidation sites excluding steroid dienone is 2. The van der Waals surface area contributed by atoms with E-state index >= 15 is 0 Å². The average Bonchev–Trinajstić information content (AvgIpc) is 2.60. The number of hydrogen-bond donors (Lipinski definition) is 0. The number of rotatable bonds is 2. The summed E-state index contributed by atoms with van der Waals surface area (Å²) in [5.41, 5.74) is 3.33. The Hall–Kier alpha value is -0.770. The average molecular weight is 147 g/mol. The summed E-state index contributed by atoms with van der Waals surface area (Å²) in [4.78, 5) is 0. The minimum Gasteiger partial charge on any atom is -0.198 e. The number of nitriles is 1. The van der Waals surface area contributed by atoms with Crippen LogP contribution in [-0.2, 0) is 0 Å². The second-order valence-corrected chi connectivity index (χ2v) is 3.68. The Morgan fingerprint density at radius 3 is 2.91 bits per heavy atom. The largest absolute Gasteiger partial charge is 0.198 e. The first-order valence-electron chi connectivity index (χ1n) is 4.47. The molecule has 0 heterocycles. The summed E-state index contributed by atoms with van der Waals surface area (Å²) >= 11 is 0. The van der Waals surface area contributed by atoms with E-state index in [1.807, 2.05) is 0 Å². The highest BCUT2D eigenvalue weighted by Crippen LogP contribution is 2.45. The van der Waals surface area contributed by atoms with Crippen LogP contribution in [0.2, 0.25) is 0 Å². The first kappa shape index (κ1) is 6.91. The van der Waals surface area contributed by atoms with Crippen LogP contribution in [0.5, 0.6) is 0 Å². The van der Waals surface area contributed by atoms with E-state index < -0.39 is 0 Å². The van der Waals surface area contributed by atoms with Crippen LogP contribution in [0.1, 0.15) is 38.5 Å². The fraction of sp³-hybridized carbons (Fsp3) is 0.700. The van der Waals surface area contributed by atoms with Crippen molar-refractivity contribution in [1.82, 2.24) is 0 Å². The maximum Gasteiger partial charge on any atom is 0.0625 e. The van der Waals surface area contributed by atoms with Gasteiger partial charge in [0.15, 0.2) is 0 Å². The van der Waals surface area contributed by atoms with Gasteiger partial charge >= 0.3 is 0 Å². The van der Waals surface area contributed by atoms with Gasteiger partial charge in [-0.15, -0.1) is 0 Å². The van der Waals surface area contributed by atoms with Crippen molar-refractivity contribution in [3.63, 3.8) is 0 Å². The molecule has 0 amide bonds. The zero-order chi connectivity index (χ0) is 7.68. The molecule has 1 heteroatoms. The van der Waals surface area contributed by atoms with Crippen molar-refractivity contribution in [3.05, 3.63) is 11.1 Å². The van der Waals surface area contributed by atoms with Crippen LogP contribution in [0.15, 0.2) is 11.1 Å². The molecule has 1 saturated carbocycles. The molecule has 2 bridgehead atoms. The molecular formula is C10H13N. The zero-order valence-corrected chi connectivity index (χ0v) is 6.77. The lowest BCUT2D eigenvalue weighted by molar-refractivity contribution is 0.555. The highest BCUT2D eigenvalue weighted by atomic mass is 14.3. The fourth-order valence-corrected chi connectivity index (χ4v) is 2.40.